The molecule has 0 aliphatic carbocycles. The number of fused-ring (bicyclic) bond motifs is 1. The van der Waals surface area contributed by atoms with Crippen LogP contribution in [0.25, 0.3) is 22.3 Å². The molecule has 4 aromatic rings. The van der Waals surface area contributed by atoms with E-state index in [0.717, 1.165) is 51.7 Å². The van der Waals surface area contributed by atoms with E-state index in [1.54, 1.807) is 31.3 Å². The normalized spacial score (nSPS) is 11.2. The van der Waals surface area contributed by atoms with Crippen molar-refractivity contribution in [2.45, 2.75) is 13.8 Å². The summed E-state index contributed by atoms with van der Waals surface area (Å²) in [6.45, 7) is 5.23. The molecule has 0 saturated heterocycles. The van der Waals surface area contributed by atoms with E-state index in [9.17, 15) is 0 Å². The Hall–Kier alpha value is -3.61. The number of rotatable bonds is 7. The summed E-state index contributed by atoms with van der Waals surface area (Å²) in [6.07, 6.45) is 5.53. The molecule has 0 amide bonds. The summed E-state index contributed by atoms with van der Waals surface area (Å²) in [4.78, 5) is 11.7. The second-order valence-electron chi connectivity index (χ2n) is 7.91. The molecule has 0 aliphatic heterocycles. The molecule has 0 aliphatic rings. The molecule has 31 heavy (non-hydrogen) atoms. The lowest BCUT2D eigenvalue weighted by molar-refractivity contribution is 0.394. The second kappa shape index (κ2) is 8.63. The van der Waals surface area contributed by atoms with E-state index < -0.39 is 0 Å². The molecule has 0 unspecified atom stereocenters. The molecule has 2 aromatic carbocycles. The Labute approximate surface area is 182 Å². The number of anilines is 2. The molecule has 0 atom stereocenters. The van der Waals surface area contributed by atoms with Crippen molar-refractivity contribution in [3.05, 3.63) is 55.0 Å². The number of benzene rings is 2. The molecule has 7 nitrogen and oxygen atoms in total. The van der Waals surface area contributed by atoms with Gasteiger partial charge in [0.1, 0.15) is 11.5 Å². The number of aryl methyl sites for hydroxylation is 1. The molecule has 2 heterocycles. The first-order valence-electron chi connectivity index (χ1n) is 10.2. The van der Waals surface area contributed by atoms with Gasteiger partial charge in [-0.3, -0.25) is 9.67 Å². The smallest absolute Gasteiger partial charge is 0.124 e. The van der Waals surface area contributed by atoms with E-state index in [0.29, 0.717) is 5.92 Å². The Kier molecular flexibility index (Phi) is 5.75. The lowest BCUT2D eigenvalue weighted by Gasteiger charge is -2.28. The summed E-state index contributed by atoms with van der Waals surface area (Å²) in [5, 5.41) is 4.24. The Bertz CT molecular complexity index is 1180. The topological polar surface area (TPSA) is 65.3 Å². The van der Waals surface area contributed by atoms with Crippen molar-refractivity contribution >= 4 is 22.4 Å². The van der Waals surface area contributed by atoms with Gasteiger partial charge in [-0.1, -0.05) is 13.8 Å². The Morgan fingerprint density at radius 3 is 2.29 bits per heavy atom. The largest absolute Gasteiger partial charge is 0.497 e. The van der Waals surface area contributed by atoms with E-state index in [1.165, 1.54) is 0 Å². The highest BCUT2D eigenvalue weighted by Crippen LogP contribution is 2.34. The zero-order valence-electron chi connectivity index (χ0n) is 18.5. The Balaban J connectivity index is 1.80. The fourth-order valence-electron chi connectivity index (χ4n) is 3.53. The molecule has 0 bridgehead atoms. The average Bonchev–Trinajstić information content (AvgIpc) is 3.22. The van der Waals surface area contributed by atoms with Crippen molar-refractivity contribution in [3.8, 4) is 22.8 Å². The van der Waals surface area contributed by atoms with Crippen molar-refractivity contribution < 1.29 is 9.47 Å². The van der Waals surface area contributed by atoms with Crippen molar-refractivity contribution in [3.63, 3.8) is 0 Å². The Morgan fingerprint density at radius 1 is 0.935 bits per heavy atom. The van der Waals surface area contributed by atoms with Gasteiger partial charge in [0.25, 0.3) is 0 Å². The first-order chi connectivity index (χ1) is 15.0. The third kappa shape index (κ3) is 4.45. The van der Waals surface area contributed by atoms with Gasteiger partial charge in [0.05, 0.1) is 43.3 Å². The van der Waals surface area contributed by atoms with Crippen LogP contribution in [0.3, 0.4) is 0 Å². The SMILES string of the molecule is COc1cc(OC)cc(N(CC(C)C)c2ccc3ncc(-c4cnn(C)c4)nc3c2)c1. The maximum atomic E-state index is 5.49. The minimum atomic E-state index is 0.445. The second-order valence-corrected chi connectivity index (χ2v) is 7.91. The maximum Gasteiger partial charge on any atom is 0.124 e. The molecule has 0 fully saturated rings. The quantitative estimate of drug-likeness (QED) is 0.429. The first-order valence-corrected chi connectivity index (χ1v) is 10.2. The predicted molar refractivity (Wildman–Crippen MR) is 123 cm³/mol. The van der Waals surface area contributed by atoms with Crippen LogP contribution in [-0.4, -0.2) is 40.5 Å². The van der Waals surface area contributed by atoms with Crippen molar-refractivity contribution in [2.24, 2.45) is 13.0 Å². The van der Waals surface area contributed by atoms with Gasteiger partial charge in [0, 0.05) is 54.9 Å². The first kappa shape index (κ1) is 20.7. The third-order valence-corrected chi connectivity index (χ3v) is 5.03. The van der Waals surface area contributed by atoms with E-state index in [1.807, 2.05) is 37.5 Å². The fourth-order valence-corrected chi connectivity index (χ4v) is 3.53. The molecule has 0 N–H and O–H groups in total. The predicted octanol–water partition coefficient (Wildman–Crippen LogP) is 4.84. The summed E-state index contributed by atoms with van der Waals surface area (Å²) in [5.74, 6) is 1.95. The molecule has 2 aromatic heterocycles. The van der Waals surface area contributed by atoms with Crippen LogP contribution in [0.15, 0.2) is 55.0 Å². The maximum absolute atomic E-state index is 5.49. The van der Waals surface area contributed by atoms with Gasteiger partial charge < -0.3 is 14.4 Å². The van der Waals surface area contributed by atoms with Gasteiger partial charge in [-0.05, 0) is 24.1 Å². The molecular weight excluding hydrogens is 390 g/mol. The number of hydrogen-bond donors (Lipinski definition) is 0. The van der Waals surface area contributed by atoms with E-state index in [2.05, 4.69) is 41.0 Å². The number of aromatic nitrogens is 4. The average molecular weight is 418 g/mol. The Morgan fingerprint density at radius 2 is 1.68 bits per heavy atom. The molecule has 7 heteroatoms. The van der Waals surface area contributed by atoms with Crippen LogP contribution >= 0.6 is 0 Å². The van der Waals surface area contributed by atoms with Crippen LogP contribution < -0.4 is 14.4 Å². The van der Waals surface area contributed by atoms with Gasteiger partial charge in [-0.2, -0.15) is 5.10 Å². The van der Waals surface area contributed by atoms with Crippen LogP contribution in [-0.2, 0) is 7.05 Å². The minimum absolute atomic E-state index is 0.445. The van der Waals surface area contributed by atoms with Gasteiger partial charge >= 0.3 is 0 Å². The third-order valence-electron chi connectivity index (χ3n) is 5.03. The van der Waals surface area contributed by atoms with Gasteiger partial charge in [-0.25, -0.2) is 4.98 Å². The van der Waals surface area contributed by atoms with Crippen LogP contribution in [0.1, 0.15) is 13.8 Å². The van der Waals surface area contributed by atoms with Crippen LogP contribution in [0.5, 0.6) is 11.5 Å². The van der Waals surface area contributed by atoms with Crippen LogP contribution in [0.2, 0.25) is 0 Å². The van der Waals surface area contributed by atoms with Gasteiger partial charge in [0.15, 0.2) is 0 Å². The molecule has 0 radical (unpaired) electrons. The lowest BCUT2D eigenvalue weighted by atomic mass is 10.1. The summed E-state index contributed by atoms with van der Waals surface area (Å²) < 4.78 is 12.7. The minimum Gasteiger partial charge on any atom is -0.497 e. The molecule has 0 spiro atoms. The van der Waals surface area contributed by atoms with Crippen molar-refractivity contribution in [1.82, 2.24) is 19.7 Å². The lowest BCUT2D eigenvalue weighted by Crippen LogP contribution is -2.22. The summed E-state index contributed by atoms with van der Waals surface area (Å²) in [5.41, 5.74) is 5.47. The van der Waals surface area contributed by atoms with Crippen molar-refractivity contribution in [1.29, 1.82) is 0 Å². The van der Waals surface area contributed by atoms with Gasteiger partial charge in [0.2, 0.25) is 0 Å². The zero-order chi connectivity index (χ0) is 22.0. The highest BCUT2D eigenvalue weighted by Gasteiger charge is 2.15. The number of ether oxygens (including phenoxy) is 2. The van der Waals surface area contributed by atoms with Crippen LogP contribution in [0, 0.1) is 5.92 Å². The molecule has 160 valence electrons. The number of nitrogens with zero attached hydrogens (tertiary/aromatic N) is 5. The molecule has 0 saturated carbocycles. The highest BCUT2D eigenvalue weighted by molar-refractivity contribution is 5.82. The molecule has 4 rings (SSSR count). The molecular formula is C24H27N5O2. The monoisotopic (exact) mass is 417 g/mol. The van der Waals surface area contributed by atoms with E-state index >= 15 is 0 Å². The number of methoxy groups -OCH3 is 2. The zero-order valence-corrected chi connectivity index (χ0v) is 18.5. The number of hydrogen-bond acceptors (Lipinski definition) is 6. The highest BCUT2D eigenvalue weighted by atomic mass is 16.5. The van der Waals surface area contributed by atoms with E-state index in [4.69, 9.17) is 14.5 Å². The fraction of sp³-hybridized carbons (Fsp3) is 0.292. The van der Waals surface area contributed by atoms with E-state index in [-0.39, 0.29) is 0 Å². The van der Waals surface area contributed by atoms with Gasteiger partial charge in [-0.15, -0.1) is 0 Å². The van der Waals surface area contributed by atoms with Crippen molar-refractivity contribution in [2.75, 3.05) is 25.7 Å². The standard InChI is InChI=1S/C24H27N5O2/c1-16(2)14-29(19-8-20(30-4)11-21(9-19)31-5)18-6-7-22-23(10-18)27-24(13-25-22)17-12-26-28(3)15-17/h6-13,15-16H,14H2,1-5H3. The summed E-state index contributed by atoms with van der Waals surface area (Å²) >= 11 is 0. The summed E-state index contributed by atoms with van der Waals surface area (Å²) in [6, 6.07) is 12.1. The van der Waals surface area contributed by atoms with Crippen LogP contribution in [0.4, 0.5) is 11.4 Å². The summed E-state index contributed by atoms with van der Waals surface area (Å²) in [7, 11) is 5.22.